The van der Waals surface area contributed by atoms with Gasteiger partial charge in [0.25, 0.3) is 0 Å². The van der Waals surface area contributed by atoms with E-state index in [0.29, 0.717) is 18.1 Å². The van der Waals surface area contributed by atoms with Crippen molar-refractivity contribution in [3.05, 3.63) is 29.6 Å². The van der Waals surface area contributed by atoms with Crippen LogP contribution in [0.25, 0.3) is 0 Å². The Morgan fingerprint density at radius 2 is 2.00 bits per heavy atom. The van der Waals surface area contributed by atoms with Gasteiger partial charge in [0.15, 0.2) is 0 Å². The van der Waals surface area contributed by atoms with Crippen LogP contribution in [0.5, 0.6) is 5.75 Å². The second-order valence-electron chi connectivity index (χ2n) is 5.13. The molecule has 1 saturated carbocycles. The molecule has 92 valence electrons. The summed E-state index contributed by atoms with van der Waals surface area (Å²) in [6, 6.07) is 4.39. The smallest absolute Gasteiger partial charge is 0.128 e. The topological polar surface area (TPSA) is 29.5 Å². The minimum atomic E-state index is -0.509. The molecule has 3 rings (SSSR count). The minimum absolute atomic E-state index is 0.0572. The highest BCUT2D eigenvalue weighted by Crippen LogP contribution is 2.41. The molecule has 3 heteroatoms. The highest BCUT2D eigenvalue weighted by Gasteiger charge is 2.33. The van der Waals surface area contributed by atoms with Gasteiger partial charge in [-0.25, -0.2) is 4.39 Å². The molecule has 0 radical (unpaired) electrons. The van der Waals surface area contributed by atoms with Crippen LogP contribution in [0.4, 0.5) is 4.39 Å². The van der Waals surface area contributed by atoms with E-state index in [4.69, 9.17) is 4.74 Å². The van der Waals surface area contributed by atoms with Gasteiger partial charge in [0, 0.05) is 18.1 Å². The Labute approximate surface area is 100 Å². The van der Waals surface area contributed by atoms with E-state index in [1.54, 1.807) is 6.07 Å². The molecule has 2 aliphatic rings. The van der Waals surface area contributed by atoms with Gasteiger partial charge in [-0.3, -0.25) is 0 Å². The number of benzene rings is 1. The first-order valence-electron chi connectivity index (χ1n) is 6.38. The van der Waals surface area contributed by atoms with Gasteiger partial charge in [-0.05, 0) is 30.9 Å². The summed E-state index contributed by atoms with van der Waals surface area (Å²) >= 11 is 0. The van der Waals surface area contributed by atoms with Gasteiger partial charge in [0.05, 0.1) is 6.10 Å². The van der Waals surface area contributed by atoms with Crippen LogP contribution >= 0.6 is 0 Å². The summed E-state index contributed by atoms with van der Waals surface area (Å²) in [6.45, 7) is 0. The molecule has 1 heterocycles. The first-order valence-corrected chi connectivity index (χ1v) is 6.38. The molecule has 1 aromatic rings. The van der Waals surface area contributed by atoms with Crippen LogP contribution in [-0.4, -0.2) is 11.2 Å². The van der Waals surface area contributed by atoms with Crippen molar-refractivity contribution in [2.75, 3.05) is 0 Å². The molecule has 1 aliphatic carbocycles. The van der Waals surface area contributed by atoms with E-state index in [9.17, 15) is 9.50 Å². The zero-order chi connectivity index (χ0) is 11.8. The molecule has 1 unspecified atom stereocenters. The fourth-order valence-electron chi connectivity index (χ4n) is 3.06. The number of aliphatic hydroxyl groups is 1. The van der Waals surface area contributed by atoms with Crippen molar-refractivity contribution in [1.82, 2.24) is 0 Å². The Kier molecular flexibility index (Phi) is 2.79. The van der Waals surface area contributed by atoms with E-state index in [0.717, 1.165) is 5.56 Å². The van der Waals surface area contributed by atoms with Crippen molar-refractivity contribution >= 4 is 0 Å². The largest absolute Gasteiger partial charge is 0.490 e. The third-order valence-electron chi connectivity index (χ3n) is 3.99. The molecule has 1 N–H and O–H groups in total. The van der Waals surface area contributed by atoms with Crippen LogP contribution in [0.2, 0.25) is 0 Å². The third-order valence-corrected chi connectivity index (χ3v) is 3.99. The first kappa shape index (κ1) is 11.0. The Morgan fingerprint density at radius 1 is 1.24 bits per heavy atom. The molecule has 17 heavy (non-hydrogen) atoms. The average Bonchev–Trinajstić information content (AvgIpc) is 2.81. The SMILES string of the molecule is O[C@@H]1CC(C2CCCC2)Oc2cc(F)ccc21. The molecule has 2 atom stereocenters. The van der Waals surface area contributed by atoms with Crippen molar-refractivity contribution in [1.29, 1.82) is 0 Å². The number of halogens is 1. The lowest BCUT2D eigenvalue weighted by Crippen LogP contribution is -2.31. The van der Waals surface area contributed by atoms with Gasteiger partial charge in [-0.2, -0.15) is 0 Å². The zero-order valence-corrected chi connectivity index (χ0v) is 9.73. The normalized spacial score (nSPS) is 28.8. The van der Waals surface area contributed by atoms with E-state index in [1.807, 2.05) is 0 Å². The summed E-state index contributed by atoms with van der Waals surface area (Å²) in [5.41, 5.74) is 0.723. The van der Waals surface area contributed by atoms with Gasteiger partial charge >= 0.3 is 0 Å². The predicted octanol–water partition coefficient (Wildman–Crippen LogP) is 3.20. The van der Waals surface area contributed by atoms with E-state index < -0.39 is 6.10 Å². The Morgan fingerprint density at radius 3 is 2.76 bits per heavy atom. The van der Waals surface area contributed by atoms with E-state index >= 15 is 0 Å². The summed E-state index contributed by atoms with van der Waals surface area (Å²) in [5.74, 6) is 0.754. The minimum Gasteiger partial charge on any atom is -0.490 e. The molecule has 0 saturated heterocycles. The van der Waals surface area contributed by atoms with Crippen molar-refractivity contribution in [2.24, 2.45) is 5.92 Å². The van der Waals surface area contributed by atoms with Crippen LogP contribution in [0.3, 0.4) is 0 Å². The van der Waals surface area contributed by atoms with Crippen LogP contribution in [0.15, 0.2) is 18.2 Å². The molecule has 0 spiro atoms. The number of hydrogen-bond acceptors (Lipinski definition) is 2. The molecular weight excluding hydrogens is 219 g/mol. The summed E-state index contributed by atoms with van der Waals surface area (Å²) in [6.07, 6.45) is 5.02. The first-order chi connectivity index (χ1) is 8.24. The van der Waals surface area contributed by atoms with Gasteiger partial charge in [0.2, 0.25) is 0 Å². The lowest BCUT2D eigenvalue weighted by Gasteiger charge is -2.33. The van der Waals surface area contributed by atoms with E-state index in [1.165, 1.54) is 37.8 Å². The van der Waals surface area contributed by atoms with Gasteiger partial charge in [-0.15, -0.1) is 0 Å². The average molecular weight is 236 g/mol. The number of hydrogen-bond donors (Lipinski definition) is 1. The lowest BCUT2D eigenvalue weighted by molar-refractivity contribution is 0.0353. The number of aliphatic hydroxyl groups excluding tert-OH is 1. The monoisotopic (exact) mass is 236 g/mol. The molecule has 0 aromatic heterocycles. The molecule has 0 amide bonds. The maximum Gasteiger partial charge on any atom is 0.128 e. The van der Waals surface area contributed by atoms with Crippen LogP contribution < -0.4 is 4.74 Å². The molecule has 1 aliphatic heterocycles. The molecule has 0 bridgehead atoms. The maximum absolute atomic E-state index is 13.2. The highest BCUT2D eigenvalue weighted by molar-refractivity contribution is 5.37. The lowest BCUT2D eigenvalue weighted by atomic mass is 9.90. The molecule has 1 fully saturated rings. The van der Waals surface area contributed by atoms with Gasteiger partial charge in [0.1, 0.15) is 17.7 Å². The van der Waals surface area contributed by atoms with E-state index in [2.05, 4.69) is 0 Å². The van der Waals surface area contributed by atoms with Gasteiger partial charge in [-0.1, -0.05) is 12.8 Å². The van der Waals surface area contributed by atoms with Crippen molar-refractivity contribution in [3.8, 4) is 5.75 Å². The van der Waals surface area contributed by atoms with E-state index in [-0.39, 0.29) is 11.9 Å². The molecular formula is C14H17FO2. The quantitative estimate of drug-likeness (QED) is 0.811. The van der Waals surface area contributed by atoms with Crippen LogP contribution in [0.1, 0.15) is 43.8 Å². The predicted molar refractivity (Wildman–Crippen MR) is 62.4 cm³/mol. The summed E-state index contributed by atoms with van der Waals surface area (Å²) in [4.78, 5) is 0. The van der Waals surface area contributed by atoms with Crippen molar-refractivity contribution < 1.29 is 14.2 Å². The van der Waals surface area contributed by atoms with Crippen LogP contribution in [-0.2, 0) is 0 Å². The summed E-state index contributed by atoms with van der Waals surface area (Å²) in [7, 11) is 0. The second kappa shape index (κ2) is 4.30. The maximum atomic E-state index is 13.2. The van der Waals surface area contributed by atoms with Crippen molar-refractivity contribution in [2.45, 2.75) is 44.3 Å². The number of rotatable bonds is 1. The fraction of sp³-hybridized carbons (Fsp3) is 0.571. The Balaban J connectivity index is 1.85. The zero-order valence-electron chi connectivity index (χ0n) is 9.73. The van der Waals surface area contributed by atoms with Crippen LogP contribution in [0, 0.1) is 11.7 Å². The Bertz CT molecular complexity index is 413. The number of fused-ring (bicyclic) bond motifs is 1. The standard InChI is InChI=1S/C14H17FO2/c15-10-5-6-11-12(16)8-13(17-14(11)7-10)9-3-1-2-4-9/h5-7,9,12-13,16H,1-4,8H2/t12-,13?/m1/s1. The summed E-state index contributed by atoms with van der Waals surface area (Å²) < 4.78 is 19.0. The molecule has 2 nitrogen and oxygen atoms in total. The second-order valence-corrected chi connectivity index (χ2v) is 5.13. The van der Waals surface area contributed by atoms with Gasteiger partial charge < -0.3 is 9.84 Å². The summed E-state index contributed by atoms with van der Waals surface area (Å²) in [5, 5.41) is 10.1. The highest BCUT2D eigenvalue weighted by atomic mass is 19.1. The fourth-order valence-corrected chi connectivity index (χ4v) is 3.06. The van der Waals surface area contributed by atoms with Crippen molar-refractivity contribution in [3.63, 3.8) is 0 Å². The molecule has 1 aromatic carbocycles. The third kappa shape index (κ3) is 2.04. The Hall–Kier alpha value is -1.09. The number of ether oxygens (including phenoxy) is 1.